The van der Waals surface area contributed by atoms with Crippen molar-refractivity contribution in [1.29, 1.82) is 0 Å². The average molecular weight is 334 g/mol. The van der Waals surface area contributed by atoms with Crippen LogP contribution in [0.5, 0.6) is 0 Å². The Morgan fingerprint density at radius 2 is 1.95 bits per heavy atom. The van der Waals surface area contributed by atoms with Crippen LogP contribution < -0.4 is 5.32 Å². The summed E-state index contributed by atoms with van der Waals surface area (Å²) in [6, 6.07) is 15.9. The Balaban J connectivity index is 1.82. The van der Waals surface area contributed by atoms with Crippen molar-refractivity contribution in [2.45, 2.75) is 18.4 Å². The summed E-state index contributed by atoms with van der Waals surface area (Å²) in [4.78, 5) is 0. The zero-order valence-electron chi connectivity index (χ0n) is 11.3. The minimum Gasteiger partial charge on any atom is -0.313 e. The second-order valence-electron chi connectivity index (χ2n) is 5.39. The van der Waals surface area contributed by atoms with Crippen LogP contribution in [0.25, 0.3) is 0 Å². The lowest BCUT2D eigenvalue weighted by atomic mass is 9.99. The molecule has 0 radical (unpaired) electrons. The molecule has 0 aliphatic heterocycles. The molecular formula is C17H17BrFN. The molecule has 0 bridgehead atoms. The van der Waals surface area contributed by atoms with Gasteiger partial charge < -0.3 is 5.32 Å². The molecule has 20 heavy (non-hydrogen) atoms. The first kappa shape index (κ1) is 13.8. The fourth-order valence-electron chi connectivity index (χ4n) is 3.05. The minimum absolute atomic E-state index is 0.188. The van der Waals surface area contributed by atoms with Crippen molar-refractivity contribution in [2.75, 3.05) is 7.05 Å². The van der Waals surface area contributed by atoms with Crippen LogP contribution >= 0.6 is 15.9 Å². The average Bonchev–Trinajstić information content (AvgIpc) is 3.20. The van der Waals surface area contributed by atoms with Gasteiger partial charge in [0.1, 0.15) is 5.82 Å². The standard InChI is InChI=1S/C17H17BrFN/c1-20-17(12-7-13(18)9-14(19)8-12)16-10-15(16)11-5-3-2-4-6-11/h2-9,15-17,20H,10H2,1H3. The van der Waals surface area contributed by atoms with Crippen molar-refractivity contribution >= 4 is 15.9 Å². The lowest BCUT2D eigenvalue weighted by Gasteiger charge is -2.17. The Bertz CT molecular complexity index is 579. The summed E-state index contributed by atoms with van der Waals surface area (Å²) in [5, 5.41) is 3.35. The molecule has 0 aromatic heterocycles. The monoisotopic (exact) mass is 333 g/mol. The van der Waals surface area contributed by atoms with Crippen molar-refractivity contribution in [2.24, 2.45) is 5.92 Å². The van der Waals surface area contributed by atoms with Gasteiger partial charge >= 0.3 is 0 Å². The van der Waals surface area contributed by atoms with E-state index in [1.165, 1.54) is 11.6 Å². The van der Waals surface area contributed by atoms with Crippen molar-refractivity contribution in [3.05, 3.63) is 69.9 Å². The van der Waals surface area contributed by atoms with Gasteiger partial charge in [-0.2, -0.15) is 0 Å². The van der Waals surface area contributed by atoms with Gasteiger partial charge in [0.05, 0.1) is 0 Å². The Morgan fingerprint density at radius 3 is 2.60 bits per heavy atom. The van der Waals surface area contributed by atoms with Crippen LogP contribution in [0.2, 0.25) is 0 Å². The first-order valence-electron chi connectivity index (χ1n) is 6.87. The smallest absolute Gasteiger partial charge is 0.124 e. The molecule has 1 saturated carbocycles. The topological polar surface area (TPSA) is 12.0 Å². The lowest BCUT2D eigenvalue weighted by Crippen LogP contribution is -2.19. The Kier molecular flexibility index (Phi) is 3.90. The molecule has 2 aromatic carbocycles. The molecule has 104 valence electrons. The molecule has 1 aliphatic rings. The summed E-state index contributed by atoms with van der Waals surface area (Å²) in [5.74, 6) is 0.929. The molecule has 0 saturated heterocycles. The molecule has 1 nitrogen and oxygen atoms in total. The van der Waals surface area contributed by atoms with Gasteiger partial charge in [0, 0.05) is 10.5 Å². The maximum atomic E-state index is 13.6. The minimum atomic E-state index is -0.188. The zero-order valence-corrected chi connectivity index (χ0v) is 12.9. The van der Waals surface area contributed by atoms with Crippen LogP contribution in [0, 0.1) is 11.7 Å². The van der Waals surface area contributed by atoms with E-state index in [9.17, 15) is 4.39 Å². The van der Waals surface area contributed by atoms with Crippen molar-refractivity contribution in [1.82, 2.24) is 5.32 Å². The van der Waals surface area contributed by atoms with Gasteiger partial charge in [-0.15, -0.1) is 0 Å². The molecule has 1 fully saturated rings. The molecule has 0 spiro atoms. The van der Waals surface area contributed by atoms with E-state index in [1.54, 1.807) is 6.07 Å². The van der Waals surface area contributed by atoms with Crippen LogP contribution in [-0.4, -0.2) is 7.05 Å². The maximum absolute atomic E-state index is 13.6. The number of nitrogens with one attached hydrogen (secondary N) is 1. The summed E-state index contributed by atoms with van der Waals surface area (Å²) in [6.45, 7) is 0. The van der Waals surface area contributed by atoms with E-state index >= 15 is 0 Å². The summed E-state index contributed by atoms with van der Waals surface area (Å²) >= 11 is 3.37. The summed E-state index contributed by atoms with van der Waals surface area (Å²) < 4.78 is 14.4. The zero-order chi connectivity index (χ0) is 14.1. The molecule has 2 aromatic rings. The third kappa shape index (κ3) is 2.79. The number of hydrogen-bond acceptors (Lipinski definition) is 1. The van der Waals surface area contributed by atoms with Crippen LogP contribution in [0.15, 0.2) is 53.0 Å². The van der Waals surface area contributed by atoms with E-state index < -0.39 is 0 Å². The van der Waals surface area contributed by atoms with Gasteiger partial charge in [0.2, 0.25) is 0 Å². The number of hydrogen-bond donors (Lipinski definition) is 1. The molecular weight excluding hydrogens is 317 g/mol. The highest BCUT2D eigenvalue weighted by Crippen LogP contribution is 2.54. The van der Waals surface area contributed by atoms with Gasteiger partial charge in [-0.05, 0) is 54.6 Å². The molecule has 0 heterocycles. The summed E-state index contributed by atoms with van der Waals surface area (Å²) in [6.07, 6.45) is 1.16. The first-order valence-corrected chi connectivity index (χ1v) is 7.66. The normalized spacial score (nSPS) is 22.6. The van der Waals surface area contributed by atoms with E-state index in [1.807, 2.05) is 19.2 Å². The van der Waals surface area contributed by atoms with Gasteiger partial charge in [0.25, 0.3) is 0 Å². The van der Waals surface area contributed by atoms with Crippen LogP contribution in [0.1, 0.15) is 29.5 Å². The second kappa shape index (κ2) is 5.66. The number of halogens is 2. The molecule has 3 atom stereocenters. The molecule has 3 unspecified atom stereocenters. The highest BCUT2D eigenvalue weighted by atomic mass is 79.9. The maximum Gasteiger partial charge on any atom is 0.124 e. The van der Waals surface area contributed by atoms with Crippen molar-refractivity contribution in [3.8, 4) is 0 Å². The quantitative estimate of drug-likeness (QED) is 0.858. The van der Waals surface area contributed by atoms with Crippen molar-refractivity contribution < 1.29 is 4.39 Å². The largest absolute Gasteiger partial charge is 0.313 e. The van der Waals surface area contributed by atoms with Crippen LogP contribution in [-0.2, 0) is 0 Å². The Hall–Kier alpha value is -1.19. The van der Waals surface area contributed by atoms with Gasteiger partial charge in [-0.1, -0.05) is 46.3 Å². The Morgan fingerprint density at radius 1 is 1.20 bits per heavy atom. The fourth-order valence-corrected chi connectivity index (χ4v) is 3.53. The third-order valence-corrected chi connectivity index (χ3v) is 4.51. The van der Waals surface area contributed by atoms with E-state index in [4.69, 9.17) is 0 Å². The fraction of sp³-hybridized carbons (Fsp3) is 0.294. The van der Waals surface area contributed by atoms with E-state index in [0.29, 0.717) is 11.8 Å². The highest BCUT2D eigenvalue weighted by molar-refractivity contribution is 9.10. The molecule has 0 amide bonds. The van der Waals surface area contributed by atoms with E-state index in [-0.39, 0.29) is 11.9 Å². The van der Waals surface area contributed by atoms with Gasteiger partial charge in [0.15, 0.2) is 0 Å². The van der Waals surface area contributed by atoms with Crippen LogP contribution in [0.3, 0.4) is 0 Å². The summed E-state index contributed by atoms with van der Waals surface area (Å²) in [5.41, 5.74) is 2.40. The predicted molar refractivity (Wildman–Crippen MR) is 83.2 cm³/mol. The van der Waals surface area contributed by atoms with E-state index in [0.717, 1.165) is 16.5 Å². The number of benzene rings is 2. The number of rotatable bonds is 4. The summed E-state index contributed by atoms with van der Waals surface area (Å²) in [7, 11) is 1.95. The SMILES string of the molecule is CNC(c1cc(F)cc(Br)c1)C1CC1c1ccccc1. The molecule has 3 rings (SSSR count). The van der Waals surface area contributed by atoms with Gasteiger partial charge in [-0.25, -0.2) is 4.39 Å². The molecule has 1 aliphatic carbocycles. The second-order valence-corrected chi connectivity index (χ2v) is 6.30. The van der Waals surface area contributed by atoms with E-state index in [2.05, 4.69) is 45.5 Å². The lowest BCUT2D eigenvalue weighted by molar-refractivity contribution is 0.512. The first-order chi connectivity index (χ1) is 9.69. The van der Waals surface area contributed by atoms with Gasteiger partial charge in [-0.3, -0.25) is 0 Å². The molecule has 1 N–H and O–H groups in total. The van der Waals surface area contributed by atoms with Crippen LogP contribution in [0.4, 0.5) is 4.39 Å². The van der Waals surface area contributed by atoms with Crippen molar-refractivity contribution in [3.63, 3.8) is 0 Å². The molecule has 3 heteroatoms. The Labute approximate surface area is 127 Å². The predicted octanol–water partition coefficient (Wildman–Crippen LogP) is 4.65. The highest BCUT2D eigenvalue weighted by Gasteiger charge is 2.43. The third-order valence-electron chi connectivity index (χ3n) is 4.05.